The van der Waals surface area contributed by atoms with Gasteiger partial charge in [0.1, 0.15) is 0 Å². The van der Waals surface area contributed by atoms with Crippen LogP contribution in [0.25, 0.3) is 0 Å². The molecule has 2 atom stereocenters. The second-order valence-corrected chi connectivity index (χ2v) is 5.96. The average Bonchev–Trinajstić information content (AvgIpc) is 3.10. The van der Waals surface area contributed by atoms with Crippen LogP contribution in [0.3, 0.4) is 0 Å². The quantitative estimate of drug-likeness (QED) is 0.909. The summed E-state index contributed by atoms with van der Waals surface area (Å²) in [6.45, 7) is 0. The highest BCUT2D eigenvalue weighted by atomic mass is 16.1. The standard InChI is InChI=1S/C15H23N3O/c19-15(12-5-2-1-3-6-12)17-13-7-4-8-14(13)18-10-9-16-11-18/h9-14H,1-8H2,(H,17,19)/t13-,14-/m0/s1. The van der Waals surface area contributed by atoms with Crippen molar-refractivity contribution in [2.75, 3.05) is 0 Å². The van der Waals surface area contributed by atoms with Crippen molar-refractivity contribution in [3.63, 3.8) is 0 Å². The van der Waals surface area contributed by atoms with Crippen LogP contribution < -0.4 is 5.32 Å². The predicted molar refractivity (Wildman–Crippen MR) is 73.6 cm³/mol. The van der Waals surface area contributed by atoms with Gasteiger partial charge in [0, 0.05) is 24.4 Å². The van der Waals surface area contributed by atoms with Crippen LogP contribution in [0.15, 0.2) is 18.7 Å². The number of carbonyl (C=O) groups excluding carboxylic acids is 1. The number of nitrogens with zero attached hydrogens (tertiary/aromatic N) is 2. The van der Waals surface area contributed by atoms with Gasteiger partial charge in [0.05, 0.1) is 12.4 Å². The molecule has 0 unspecified atom stereocenters. The first-order chi connectivity index (χ1) is 9.34. The Kier molecular flexibility index (Phi) is 3.85. The minimum Gasteiger partial charge on any atom is -0.351 e. The molecule has 1 heterocycles. The lowest BCUT2D eigenvalue weighted by Crippen LogP contribution is -2.41. The molecule has 0 bridgehead atoms. The number of aromatic nitrogens is 2. The SMILES string of the molecule is O=C(N[C@H]1CCC[C@@H]1n1ccnc1)C1CCCCC1. The third-order valence-electron chi connectivity index (χ3n) is 4.69. The maximum Gasteiger partial charge on any atom is 0.223 e. The van der Waals surface area contributed by atoms with Crippen molar-refractivity contribution in [1.82, 2.24) is 14.9 Å². The van der Waals surface area contributed by atoms with E-state index in [1.807, 2.05) is 18.7 Å². The molecule has 1 N–H and O–H groups in total. The fraction of sp³-hybridized carbons (Fsp3) is 0.733. The van der Waals surface area contributed by atoms with Crippen LogP contribution in [0.4, 0.5) is 0 Å². The number of imidazole rings is 1. The molecular formula is C15H23N3O. The fourth-order valence-electron chi connectivity index (χ4n) is 3.60. The molecule has 2 aliphatic carbocycles. The second kappa shape index (κ2) is 5.76. The normalized spacial score (nSPS) is 28.4. The Morgan fingerprint density at radius 1 is 1.11 bits per heavy atom. The highest BCUT2D eigenvalue weighted by molar-refractivity contribution is 5.79. The number of hydrogen-bond donors (Lipinski definition) is 1. The zero-order chi connectivity index (χ0) is 13.1. The van der Waals surface area contributed by atoms with Gasteiger partial charge in [-0.15, -0.1) is 0 Å². The summed E-state index contributed by atoms with van der Waals surface area (Å²) in [7, 11) is 0. The first-order valence-electron chi connectivity index (χ1n) is 7.62. The van der Waals surface area contributed by atoms with Crippen molar-refractivity contribution in [2.24, 2.45) is 5.92 Å². The van der Waals surface area contributed by atoms with E-state index in [1.165, 1.54) is 25.7 Å². The molecule has 0 saturated heterocycles. The Labute approximate surface area is 114 Å². The zero-order valence-corrected chi connectivity index (χ0v) is 11.4. The van der Waals surface area contributed by atoms with Gasteiger partial charge in [-0.3, -0.25) is 4.79 Å². The smallest absolute Gasteiger partial charge is 0.223 e. The topological polar surface area (TPSA) is 46.9 Å². The number of amides is 1. The van der Waals surface area contributed by atoms with Crippen LogP contribution in [-0.4, -0.2) is 21.5 Å². The molecule has 104 valence electrons. The van der Waals surface area contributed by atoms with Crippen molar-refractivity contribution in [1.29, 1.82) is 0 Å². The van der Waals surface area contributed by atoms with Crippen LogP contribution in [0.1, 0.15) is 57.4 Å². The fourth-order valence-corrected chi connectivity index (χ4v) is 3.60. The van der Waals surface area contributed by atoms with E-state index in [4.69, 9.17) is 0 Å². The Balaban J connectivity index is 1.60. The minimum absolute atomic E-state index is 0.262. The molecule has 4 nitrogen and oxygen atoms in total. The van der Waals surface area contributed by atoms with E-state index < -0.39 is 0 Å². The van der Waals surface area contributed by atoms with E-state index in [0.29, 0.717) is 12.1 Å². The van der Waals surface area contributed by atoms with Gasteiger partial charge >= 0.3 is 0 Å². The summed E-state index contributed by atoms with van der Waals surface area (Å²) in [5, 5.41) is 3.30. The van der Waals surface area contributed by atoms with Crippen molar-refractivity contribution in [3.8, 4) is 0 Å². The van der Waals surface area contributed by atoms with Gasteiger partial charge in [-0.05, 0) is 32.1 Å². The van der Waals surface area contributed by atoms with Crippen molar-refractivity contribution in [3.05, 3.63) is 18.7 Å². The average molecular weight is 261 g/mol. The second-order valence-electron chi connectivity index (χ2n) is 5.96. The third-order valence-corrected chi connectivity index (χ3v) is 4.69. The molecule has 1 aromatic rings. The van der Waals surface area contributed by atoms with Gasteiger partial charge in [0.15, 0.2) is 0 Å². The Morgan fingerprint density at radius 2 is 1.95 bits per heavy atom. The largest absolute Gasteiger partial charge is 0.351 e. The molecule has 2 fully saturated rings. The molecule has 4 heteroatoms. The molecular weight excluding hydrogens is 238 g/mol. The van der Waals surface area contributed by atoms with Gasteiger partial charge in [-0.25, -0.2) is 4.98 Å². The molecule has 1 aromatic heterocycles. The lowest BCUT2D eigenvalue weighted by Gasteiger charge is -2.26. The van der Waals surface area contributed by atoms with E-state index in [2.05, 4.69) is 14.9 Å². The summed E-state index contributed by atoms with van der Waals surface area (Å²) in [6.07, 6.45) is 15.0. The summed E-state index contributed by atoms with van der Waals surface area (Å²) < 4.78 is 2.15. The molecule has 2 saturated carbocycles. The van der Waals surface area contributed by atoms with Gasteiger partial charge in [0.25, 0.3) is 0 Å². The van der Waals surface area contributed by atoms with E-state index in [0.717, 1.165) is 25.7 Å². The minimum atomic E-state index is 0.262. The van der Waals surface area contributed by atoms with E-state index in [-0.39, 0.29) is 11.8 Å². The Morgan fingerprint density at radius 3 is 2.68 bits per heavy atom. The third kappa shape index (κ3) is 2.82. The molecule has 0 aliphatic heterocycles. The highest BCUT2D eigenvalue weighted by Gasteiger charge is 2.31. The summed E-state index contributed by atoms with van der Waals surface area (Å²) in [4.78, 5) is 16.5. The van der Waals surface area contributed by atoms with Gasteiger partial charge in [-0.2, -0.15) is 0 Å². The van der Waals surface area contributed by atoms with Crippen LogP contribution in [0.2, 0.25) is 0 Å². The van der Waals surface area contributed by atoms with Crippen LogP contribution in [-0.2, 0) is 4.79 Å². The van der Waals surface area contributed by atoms with Crippen molar-refractivity contribution in [2.45, 2.75) is 63.5 Å². The highest BCUT2D eigenvalue weighted by Crippen LogP contribution is 2.31. The molecule has 0 spiro atoms. The van der Waals surface area contributed by atoms with E-state index in [9.17, 15) is 4.79 Å². The zero-order valence-electron chi connectivity index (χ0n) is 11.4. The van der Waals surface area contributed by atoms with Crippen molar-refractivity contribution < 1.29 is 4.79 Å². The molecule has 1 amide bonds. The van der Waals surface area contributed by atoms with E-state index >= 15 is 0 Å². The summed E-state index contributed by atoms with van der Waals surface area (Å²) in [5.41, 5.74) is 0. The number of carbonyl (C=O) groups is 1. The molecule has 2 aliphatic rings. The monoisotopic (exact) mass is 261 g/mol. The van der Waals surface area contributed by atoms with Crippen LogP contribution in [0.5, 0.6) is 0 Å². The summed E-state index contributed by atoms with van der Waals surface area (Å²) in [5.74, 6) is 0.550. The molecule has 0 radical (unpaired) electrons. The van der Waals surface area contributed by atoms with E-state index in [1.54, 1.807) is 0 Å². The maximum absolute atomic E-state index is 12.3. The van der Waals surface area contributed by atoms with Crippen molar-refractivity contribution >= 4 is 5.91 Å². The number of rotatable bonds is 3. The lowest BCUT2D eigenvalue weighted by atomic mass is 9.88. The Hall–Kier alpha value is -1.32. The predicted octanol–water partition coefficient (Wildman–Crippen LogP) is 2.67. The molecule has 0 aromatic carbocycles. The van der Waals surface area contributed by atoms with Crippen LogP contribution >= 0.6 is 0 Å². The van der Waals surface area contributed by atoms with Gasteiger partial charge < -0.3 is 9.88 Å². The number of nitrogens with one attached hydrogen (secondary N) is 1. The molecule has 19 heavy (non-hydrogen) atoms. The summed E-state index contributed by atoms with van der Waals surface area (Å²) >= 11 is 0. The van der Waals surface area contributed by atoms with Gasteiger partial charge in [-0.1, -0.05) is 19.3 Å². The Bertz CT molecular complexity index is 409. The maximum atomic E-state index is 12.3. The molecule has 3 rings (SSSR count). The first-order valence-corrected chi connectivity index (χ1v) is 7.62. The van der Waals surface area contributed by atoms with Crippen LogP contribution in [0, 0.1) is 5.92 Å². The summed E-state index contributed by atoms with van der Waals surface area (Å²) in [6, 6.07) is 0.693. The first kappa shape index (κ1) is 12.7. The lowest BCUT2D eigenvalue weighted by molar-refractivity contribution is -0.126. The van der Waals surface area contributed by atoms with Gasteiger partial charge in [0.2, 0.25) is 5.91 Å². The number of hydrogen-bond acceptors (Lipinski definition) is 2.